The molecule has 0 spiro atoms. The number of benzene rings is 2. The van der Waals surface area contributed by atoms with Crippen LogP contribution in [-0.2, 0) is 6.42 Å². The summed E-state index contributed by atoms with van der Waals surface area (Å²) in [6.45, 7) is 2.62. The third-order valence-electron chi connectivity index (χ3n) is 3.69. The summed E-state index contributed by atoms with van der Waals surface area (Å²) in [4.78, 5) is 0. The second-order valence-corrected chi connectivity index (χ2v) is 5.22. The Bertz CT molecular complexity index is 661. The van der Waals surface area contributed by atoms with E-state index in [-0.39, 0.29) is 12.5 Å². The van der Waals surface area contributed by atoms with Crippen LogP contribution in [0.1, 0.15) is 24.0 Å². The van der Waals surface area contributed by atoms with Crippen LogP contribution in [0.5, 0.6) is 11.5 Å². The number of methoxy groups -OCH3 is 1. The zero-order valence-corrected chi connectivity index (χ0v) is 13.3. The molecule has 0 fully saturated rings. The number of ether oxygens (including phenoxy) is 2. The van der Waals surface area contributed by atoms with Crippen molar-refractivity contribution in [2.75, 3.05) is 20.3 Å². The van der Waals surface area contributed by atoms with E-state index in [1.165, 1.54) is 6.07 Å². The highest BCUT2D eigenvalue weighted by Gasteiger charge is 2.17. The van der Waals surface area contributed by atoms with Gasteiger partial charge in [-0.25, -0.2) is 8.78 Å². The summed E-state index contributed by atoms with van der Waals surface area (Å²) in [7, 11) is 1.57. The Kier molecular flexibility index (Phi) is 5.93. The van der Waals surface area contributed by atoms with Gasteiger partial charge in [0, 0.05) is 5.92 Å². The summed E-state index contributed by atoms with van der Waals surface area (Å²) in [6.07, 6.45) is 0.487. The molecule has 1 unspecified atom stereocenters. The van der Waals surface area contributed by atoms with Crippen LogP contribution in [0.15, 0.2) is 36.4 Å². The van der Waals surface area contributed by atoms with Crippen LogP contribution in [0.25, 0.3) is 0 Å². The molecule has 0 heterocycles. The minimum atomic E-state index is -0.468. The first kappa shape index (κ1) is 17.2. The van der Waals surface area contributed by atoms with E-state index in [0.717, 1.165) is 17.7 Å². The van der Waals surface area contributed by atoms with Gasteiger partial charge in [-0.3, -0.25) is 0 Å². The SMILES string of the molecule is CCOc1cc(CC(CN)c2cc(F)ccc2F)ccc1OC. The monoisotopic (exact) mass is 321 g/mol. The molecule has 2 N–H and O–H groups in total. The van der Waals surface area contributed by atoms with Crippen molar-refractivity contribution in [2.24, 2.45) is 5.73 Å². The van der Waals surface area contributed by atoms with Crippen LogP contribution in [0.4, 0.5) is 8.78 Å². The van der Waals surface area contributed by atoms with Crippen molar-refractivity contribution in [3.63, 3.8) is 0 Å². The smallest absolute Gasteiger partial charge is 0.161 e. The Hall–Kier alpha value is -2.14. The maximum atomic E-state index is 14.0. The van der Waals surface area contributed by atoms with E-state index in [4.69, 9.17) is 15.2 Å². The van der Waals surface area contributed by atoms with E-state index in [9.17, 15) is 8.78 Å². The number of rotatable bonds is 7. The average Bonchev–Trinajstić information content (AvgIpc) is 2.55. The van der Waals surface area contributed by atoms with Crippen LogP contribution < -0.4 is 15.2 Å². The van der Waals surface area contributed by atoms with Crippen molar-refractivity contribution in [2.45, 2.75) is 19.3 Å². The Labute approximate surface area is 135 Å². The topological polar surface area (TPSA) is 44.5 Å². The highest BCUT2D eigenvalue weighted by Crippen LogP contribution is 2.31. The van der Waals surface area contributed by atoms with Crippen molar-refractivity contribution in [3.8, 4) is 11.5 Å². The van der Waals surface area contributed by atoms with Gasteiger partial charge in [-0.2, -0.15) is 0 Å². The molecular formula is C18H21F2NO2. The van der Waals surface area contributed by atoms with E-state index < -0.39 is 11.6 Å². The molecule has 2 aromatic carbocycles. The maximum Gasteiger partial charge on any atom is 0.161 e. The van der Waals surface area contributed by atoms with Crippen LogP contribution in [0.3, 0.4) is 0 Å². The Balaban J connectivity index is 2.28. The van der Waals surface area contributed by atoms with E-state index >= 15 is 0 Å². The molecule has 3 nitrogen and oxygen atoms in total. The lowest BCUT2D eigenvalue weighted by molar-refractivity contribution is 0.310. The van der Waals surface area contributed by atoms with E-state index in [1.54, 1.807) is 13.2 Å². The van der Waals surface area contributed by atoms with Gasteiger partial charge in [0.05, 0.1) is 13.7 Å². The first-order valence-electron chi connectivity index (χ1n) is 7.53. The fraction of sp³-hybridized carbons (Fsp3) is 0.333. The number of hydrogen-bond acceptors (Lipinski definition) is 3. The molecule has 0 aliphatic heterocycles. The highest BCUT2D eigenvalue weighted by molar-refractivity contribution is 5.43. The molecule has 23 heavy (non-hydrogen) atoms. The van der Waals surface area contributed by atoms with Gasteiger partial charge in [0.1, 0.15) is 11.6 Å². The molecule has 0 aliphatic rings. The zero-order chi connectivity index (χ0) is 16.8. The van der Waals surface area contributed by atoms with Crippen molar-refractivity contribution in [1.82, 2.24) is 0 Å². The fourth-order valence-electron chi connectivity index (χ4n) is 2.55. The zero-order valence-electron chi connectivity index (χ0n) is 13.3. The molecule has 124 valence electrons. The predicted molar refractivity (Wildman–Crippen MR) is 86.0 cm³/mol. The van der Waals surface area contributed by atoms with Gasteiger partial charge >= 0.3 is 0 Å². The summed E-state index contributed by atoms with van der Waals surface area (Å²) in [5, 5.41) is 0. The normalized spacial score (nSPS) is 12.0. The van der Waals surface area contributed by atoms with Crippen molar-refractivity contribution in [1.29, 1.82) is 0 Å². The lowest BCUT2D eigenvalue weighted by Crippen LogP contribution is -2.16. The summed E-state index contributed by atoms with van der Waals surface area (Å²) in [5.41, 5.74) is 7.00. The van der Waals surface area contributed by atoms with Gasteiger partial charge in [-0.1, -0.05) is 6.07 Å². The van der Waals surface area contributed by atoms with Crippen molar-refractivity contribution in [3.05, 3.63) is 59.2 Å². The predicted octanol–water partition coefficient (Wildman–Crippen LogP) is 3.66. The van der Waals surface area contributed by atoms with E-state index in [1.807, 2.05) is 19.1 Å². The van der Waals surface area contributed by atoms with Crippen molar-refractivity contribution < 1.29 is 18.3 Å². The van der Waals surface area contributed by atoms with Gasteiger partial charge in [0.25, 0.3) is 0 Å². The molecular weight excluding hydrogens is 300 g/mol. The molecule has 0 bridgehead atoms. The highest BCUT2D eigenvalue weighted by atomic mass is 19.1. The molecule has 5 heteroatoms. The number of hydrogen-bond donors (Lipinski definition) is 1. The standard InChI is InChI=1S/C18H21F2NO2/c1-3-23-18-9-12(4-7-17(18)22-2)8-13(11-21)15-10-14(19)5-6-16(15)20/h4-7,9-10,13H,3,8,11,21H2,1-2H3. The van der Waals surface area contributed by atoms with Crippen LogP contribution >= 0.6 is 0 Å². The molecule has 2 rings (SSSR count). The van der Waals surface area contributed by atoms with E-state index in [0.29, 0.717) is 30.1 Å². The van der Waals surface area contributed by atoms with Crippen LogP contribution in [0.2, 0.25) is 0 Å². The third-order valence-corrected chi connectivity index (χ3v) is 3.69. The summed E-state index contributed by atoms with van der Waals surface area (Å²) in [6, 6.07) is 8.97. The van der Waals surface area contributed by atoms with Gasteiger partial charge < -0.3 is 15.2 Å². The lowest BCUT2D eigenvalue weighted by atomic mass is 9.91. The van der Waals surface area contributed by atoms with E-state index in [2.05, 4.69) is 0 Å². The van der Waals surface area contributed by atoms with Crippen LogP contribution in [0, 0.1) is 11.6 Å². The average molecular weight is 321 g/mol. The maximum absolute atomic E-state index is 14.0. The number of nitrogens with two attached hydrogens (primary N) is 1. The van der Waals surface area contributed by atoms with Gasteiger partial charge in [0.2, 0.25) is 0 Å². The minimum Gasteiger partial charge on any atom is -0.493 e. The molecule has 0 saturated carbocycles. The van der Waals surface area contributed by atoms with Crippen LogP contribution in [-0.4, -0.2) is 20.3 Å². The largest absolute Gasteiger partial charge is 0.493 e. The van der Waals surface area contributed by atoms with Gasteiger partial charge in [-0.15, -0.1) is 0 Å². The Morgan fingerprint density at radius 1 is 1.09 bits per heavy atom. The van der Waals surface area contributed by atoms with Gasteiger partial charge in [-0.05, 0) is 61.3 Å². The second kappa shape index (κ2) is 7.92. The van der Waals surface area contributed by atoms with Gasteiger partial charge in [0.15, 0.2) is 11.5 Å². The summed E-state index contributed by atoms with van der Waals surface area (Å²) >= 11 is 0. The molecule has 0 saturated heterocycles. The molecule has 0 aromatic heterocycles. The quantitative estimate of drug-likeness (QED) is 0.846. The molecule has 0 amide bonds. The Morgan fingerprint density at radius 2 is 1.87 bits per heavy atom. The fourth-order valence-corrected chi connectivity index (χ4v) is 2.55. The third kappa shape index (κ3) is 4.20. The first-order valence-corrected chi connectivity index (χ1v) is 7.53. The summed E-state index contributed by atoms with van der Waals surface area (Å²) in [5.74, 6) is 0.0402. The molecule has 0 aliphatic carbocycles. The minimum absolute atomic E-state index is 0.219. The number of halogens is 2. The molecule has 2 aromatic rings. The molecule has 0 radical (unpaired) electrons. The first-order chi connectivity index (χ1) is 11.1. The Morgan fingerprint density at radius 3 is 2.52 bits per heavy atom. The summed E-state index contributed by atoms with van der Waals surface area (Å²) < 4.78 is 38.1. The second-order valence-electron chi connectivity index (χ2n) is 5.22. The molecule has 1 atom stereocenters. The van der Waals surface area contributed by atoms with Crippen molar-refractivity contribution >= 4 is 0 Å². The lowest BCUT2D eigenvalue weighted by Gasteiger charge is -2.17.